The van der Waals surface area contributed by atoms with Crippen molar-refractivity contribution in [1.82, 2.24) is 20.0 Å². The van der Waals surface area contributed by atoms with Crippen LogP contribution in [0.3, 0.4) is 0 Å². The number of amides is 1. The van der Waals surface area contributed by atoms with Gasteiger partial charge in [0.05, 0.1) is 11.3 Å². The first-order valence-electron chi connectivity index (χ1n) is 7.19. The van der Waals surface area contributed by atoms with E-state index in [9.17, 15) is 4.79 Å². The first-order chi connectivity index (χ1) is 9.15. The van der Waals surface area contributed by atoms with E-state index in [2.05, 4.69) is 17.3 Å². The van der Waals surface area contributed by atoms with E-state index < -0.39 is 0 Å². The van der Waals surface area contributed by atoms with Gasteiger partial charge in [0.15, 0.2) is 0 Å². The van der Waals surface area contributed by atoms with Gasteiger partial charge in [0.1, 0.15) is 0 Å². The zero-order valence-corrected chi connectivity index (χ0v) is 13.4. The Morgan fingerprint density at radius 1 is 1.30 bits per heavy atom. The van der Waals surface area contributed by atoms with E-state index in [-0.39, 0.29) is 18.3 Å². The standard InChI is InChI=1S/C14H24N4O.ClH/c1-4-8-18-12(3)13(11(2)16-18)14(19)17-9-5-6-15-7-10-17;/h15H,4-10H2,1-3H3;1H. The van der Waals surface area contributed by atoms with E-state index in [1.54, 1.807) is 0 Å². The van der Waals surface area contributed by atoms with Gasteiger partial charge in [-0.1, -0.05) is 6.92 Å². The predicted molar refractivity (Wildman–Crippen MR) is 82.6 cm³/mol. The Labute approximate surface area is 127 Å². The second-order valence-electron chi connectivity index (χ2n) is 5.16. The largest absolute Gasteiger partial charge is 0.337 e. The van der Waals surface area contributed by atoms with E-state index in [1.807, 2.05) is 23.4 Å². The van der Waals surface area contributed by atoms with Crippen LogP contribution in [0, 0.1) is 13.8 Å². The van der Waals surface area contributed by atoms with Crippen molar-refractivity contribution in [2.45, 2.75) is 40.2 Å². The lowest BCUT2D eigenvalue weighted by atomic mass is 10.1. The van der Waals surface area contributed by atoms with Crippen LogP contribution in [0.4, 0.5) is 0 Å². The summed E-state index contributed by atoms with van der Waals surface area (Å²) in [7, 11) is 0. The fourth-order valence-corrected chi connectivity index (χ4v) is 2.64. The minimum absolute atomic E-state index is 0. The number of aryl methyl sites for hydroxylation is 2. The van der Waals surface area contributed by atoms with Crippen molar-refractivity contribution in [3.8, 4) is 0 Å². The van der Waals surface area contributed by atoms with E-state index in [0.29, 0.717) is 0 Å². The summed E-state index contributed by atoms with van der Waals surface area (Å²) >= 11 is 0. The highest BCUT2D eigenvalue weighted by Crippen LogP contribution is 2.16. The topological polar surface area (TPSA) is 50.2 Å². The molecule has 5 nitrogen and oxygen atoms in total. The molecule has 1 saturated heterocycles. The van der Waals surface area contributed by atoms with Crippen molar-refractivity contribution in [3.63, 3.8) is 0 Å². The van der Waals surface area contributed by atoms with Crippen molar-refractivity contribution in [2.24, 2.45) is 0 Å². The quantitative estimate of drug-likeness (QED) is 0.925. The zero-order valence-electron chi connectivity index (χ0n) is 12.6. The fourth-order valence-electron chi connectivity index (χ4n) is 2.64. The number of halogens is 1. The Morgan fingerprint density at radius 2 is 2.05 bits per heavy atom. The number of carbonyl (C=O) groups is 1. The molecule has 0 aliphatic carbocycles. The zero-order chi connectivity index (χ0) is 13.8. The first kappa shape index (κ1) is 17.0. The van der Waals surface area contributed by atoms with Crippen LogP contribution in [0.5, 0.6) is 0 Å². The molecule has 114 valence electrons. The Morgan fingerprint density at radius 3 is 2.75 bits per heavy atom. The summed E-state index contributed by atoms with van der Waals surface area (Å²) in [6.07, 6.45) is 2.05. The van der Waals surface area contributed by atoms with Gasteiger partial charge in [-0.2, -0.15) is 5.10 Å². The highest BCUT2D eigenvalue weighted by atomic mass is 35.5. The molecule has 1 amide bonds. The predicted octanol–water partition coefficient (Wildman–Crippen LogP) is 1.77. The van der Waals surface area contributed by atoms with Crippen molar-refractivity contribution in [1.29, 1.82) is 0 Å². The maximum Gasteiger partial charge on any atom is 0.257 e. The van der Waals surface area contributed by atoms with Crippen LogP contribution in [0.2, 0.25) is 0 Å². The van der Waals surface area contributed by atoms with Crippen LogP contribution in [0.1, 0.15) is 41.5 Å². The van der Waals surface area contributed by atoms with Gasteiger partial charge in [-0.05, 0) is 33.2 Å². The van der Waals surface area contributed by atoms with Gasteiger partial charge in [-0.3, -0.25) is 9.48 Å². The molecule has 6 heteroatoms. The second kappa shape index (κ2) is 7.64. The molecule has 0 radical (unpaired) electrons. The van der Waals surface area contributed by atoms with E-state index in [0.717, 1.165) is 62.5 Å². The summed E-state index contributed by atoms with van der Waals surface area (Å²) in [5.41, 5.74) is 2.66. The second-order valence-corrected chi connectivity index (χ2v) is 5.16. The number of hydrogen-bond donors (Lipinski definition) is 1. The molecule has 1 fully saturated rings. The van der Waals surface area contributed by atoms with Gasteiger partial charge in [0, 0.05) is 31.9 Å². The maximum absolute atomic E-state index is 12.7. The van der Waals surface area contributed by atoms with Gasteiger partial charge < -0.3 is 10.2 Å². The Hall–Kier alpha value is -1.07. The molecule has 0 unspecified atom stereocenters. The van der Waals surface area contributed by atoms with Crippen molar-refractivity contribution < 1.29 is 4.79 Å². The molecular weight excluding hydrogens is 276 g/mol. The molecule has 1 aromatic rings. The highest BCUT2D eigenvalue weighted by Gasteiger charge is 2.23. The minimum Gasteiger partial charge on any atom is -0.337 e. The molecule has 0 atom stereocenters. The van der Waals surface area contributed by atoms with E-state index in [4.69, 9.17) is 0 Å². The summed E-state index contributed by atoms with van der Waals surface area (Å²) in [5, 5.41) is 7.82. The van der Waals surface area contributed by atoms with Crippen LogP contribution in [-0.2, 0) is 6.54 Å². The summed E-state index contributed by atoms with van der Waals surface area (Å²) in [6, 6.07) is 0. The monoisotopic (exact) mass is 300 g/mol. The number of nitrogens with zero attached hydrogens (tertiary/aromatic N) is 3. The normalized spacial score (nSPS) is 15.7. The van der Waals surface area contributed by atoms with E-state index in [1.165, 1.54) is 0 Å². The lowest BCUT2D eigenvalue weighted by Crippen LogP contribution is -2.34. The smallest absolute Gasteiger partial charge is 0.257 e. The van der Waals surface area contributed by atoms with Crippen molar-refractivity contribution in [2.75, 3.05) is 26.2 Å². The average molecular weight is 301 g/mol. The lowest BCUT2D eigenvalue weighted by molar-refractivity contribution is 0.0765. The van der Waals surface area contributed by atoms with Crippen LogP contribution in [0.15, 0.2) is 0 Å². The van der Waals surface area contributed by atoms with Gasteiger partial charge >= 0.3 is 0 Å². The molecule has 0 aromatic carbocycles. The van der Waals surface area contributed by atoms with Gasteiger partial charge in [0.2, 0.25) is 0 Å². The van der Waals surface area contributed by atoms with Crippen molar-refractivity contribution >= 4 is 18.3 Å². The summed E-state index contributed by atoms with van der Waals surface area (Å²) < 4.78 is 1.96. The number of nitrogens with one attached hydrogen (secondary N) is 1. The molecule has 0 spiro atoms. The Balaban J connectivity index is 0.00000200. The van der Waals surface area contributed by atoms with Gasteiger partial charge in [0.25, 0.3) is 5.91 Å². The van der Waals surface area contributed by atoms with Gasteiger partial charge in [-0.15, -0.1) is 12.4 Å². The molecule has 2 rings (SSSR count). The van der Waals surface area contributed by atoms with E-state index >= 15 is 0 Å². The molecule has 1 aromatic heterocycles. The SMILES string of the molecule is CCCn1nc(C)c(C(=O)N2CCCNCC2)c1C.Cl. The molecule has 20 heavy (non-hydrogen) atoms. The maximum atomic E-state index is 12.7. The van der Waals surface area contributed by atoms with Crippen LogP contribution in [-0.4, -0.2) is 46.8 Å². The number of rotatable bonds is 3. The average Bonchev–Trinajstić information content (AvgIpc) is 2.61. The Kier molecular flexibility index (Phi) is 6.49. The fraction of sp³-hybridized carbons (Fsp3) is 0.714. The molecule has 2 heterocycles. The third kappa shape index (κ3) is 3.52. The van der Waals surface area contributed by atoms with Gasteiger partial charge in [-0.25, -0.2) is 0 Å². The minimum atomic E-state index is 0. The number of aromatic nitrogens is 2. The summed E-state index contributed by atoms with van der Waals surface area (Å²) in [4.78, 5) is 14.6. The third-order valence-corrected chi connectivity index (χ3v) is 3.66. The first-order valence-corrected chi connectivity index (χ1v) is 7.19. The molecule has 1 N–H and O–H groups in total. The van der Waals surface area contributed by atoms with Crippen LogP contribution < -0.4 is 5.32 Å². The lowest BCUT2D eigenvalue weighted by Gasteiger charge is -2.20. The summed E-state index contributed by atoms with van der Waals surface area (Å²) in [5.74, 6) is 0.140. The third-order valence-electron chi connectivity index (χ3n) is 3.66. The van der Waals surface area contributed by atoms with Crippen LogP contribution >= 0.6 is 12.4 Å². The molecule has 0 saturated carbocycles. The van der Waals surface area contributed by atoms with Crippen LogP contribution in [0.25, 0.3) is 0 Å². The molecule has 1 aliphatic heterocycles. The molecule has 1 aliphatic rings. The summed E-state index contributed by atoms with van der Waals surface area (Å²) in [6.45, 7) is 10.4. The molecule has 0 bridgehead atoms. The molecular formula is C14H25ClN4O. The highest BCUT2D eigenvalue weighted by molar-refractivity contribution is 5.96. The number of carbonyl (C=O) groups excluding carboxylic acids is 1. The Bertz CT molecular complexity index is 450. The van der Waals surface area contributed by atoms with Crippen molar-refractivity contribution in [3.05, 3.63) is 17.0 Å². The number of hydrogen-bond acceptors (Lipinski definition) is 3.